The van der Waals surface area contributed by atoms with E-state index in [4.69, 9.17) is 14.2 Å². The average molecular weight is 263 g/mol. The van der Waals surface area contributed by atoms with E-state index in [1.54, 1.807) is 0 Å². The Morgan fingerprint density at radius 1 is 1.16 bits per heavy atom. The van der Waals surface area contributed by atoms with Crippen LogP contribution in [0.25, 0.3) is 0 Å². The van der Waals surface area contributed by atoms with Crippen LogP contribution in [0.5, 0.6) is 11.5 Å². The zero-order valence-electron chi connectivity index (χ0n) is 11.4. The Morgan fingerprint density at radius 3 is 2.79 bits per heavy atom. The minimum absolute atomic E-state index is 0.409. The fourth-order valence-electron chi connectivity index (χ4n) is 2.58. The summed E-state index contributed by atoms with van der Waals surface area (Å²) in [6.45, 7) is 5.41. The van der Waals surface area contributed by atoms with Gasteiger partial charge in [-0.1, -0.05) is 0 Å². The first-order valence-electron chi connectivity index (χ1n) is 7.07. The van der Waals surface area contributed by atoms with Crippen molar-refractivity contribution in [3.63, 3.8) is 0 Å². The van der Waals surface area contributed by atoms with Gasteiger partial charge in [0.25, 0.3) is 0 Å². The van der Waals surface area contributed by atoms with Gasteiger partial charge in [-0.05, 0) is 25.5 Å². The normalized spacial score (nSPS) is 23.7. The van der Waals surface area contributed by atoms with Gasteiger partial charge in [0.15, 0.2) is 11.5 Å². The number of fused-ring (bicyclic) bond motifs is 1. The molecule has 2 aliphatic rings. The van der Waals surface area contributed by atoms with Crippen molar-refractivity contribution in [3.05, 3.63) is 18.2 Å². The largest absolute Gasteiger partial charge is 0.490 e. The fourth-order valence-corrected chi connectivity index (χ4v) is 2.58. The van der Waals surface area contributed by atoms with Crippen LogP contribution < -0.4 is 14.8 Å². The van der Waals surface area contributed by atoms with Crippen molar-refractivity contribution in [2.75, 3.05) is 31.7 Å². The molecule has 2 aliphatic heterocycles. The van der Waals surface area contributed by atoms with Crippen molar-refractivity contribution in [1.29, 1.82) is 0 Å². The lowest BCUT2D eigenvalue weighted by molar-refractivity contribution is 0.183. The van der Waals surface area contributed by atoms with E-state index >= 15 is 0 Å². The van der Waals surface area contributed by atoms with E-state index in [1.807, 2.05) is 12.1 Å². The summed E-state index contributed by atoms with van der Waals surface area (Å²) in [7, 11) is 0. The van der Waals surface area contributed by atoms with E-state index in [-0.39, 0.29) is 0 Å². The van der Waals surface area contributed by atoms with Crippen molar-refractivity contribution >= 4 is 5.69 Å². The van der Waals surface area contributed by atoms with Crippen LogP contribution in [0.3, 0.4) is 0 Å². The Balaban J connectivity index is 1.69. The van der Waals surface area contributed by atoms with Crippen LogP contribution in [0.15, 0.2) is 18.2 Å². The lowest BCUT2D eigenvalue weighted by atomic mass is 10.0. The van der Waals surface area contributed by atoms with Gasteiger partial charge in [0.05, 0.1) is 19.8 Å². The third-order valence-electron chi connectivity index (χ3n) is 3.81. The standard InChI is InChI=1S/C15H21NO3/c1-11(12-5-8-17-10-12)16-13-3-4-14-15(9-13)19-7-2-6-18-14/h3-4,9,11-12,16H,2,5-8,10H2,1H3. The molecule has 1 N–H and O–H groups in total. The van der Waals surface area contributed by atoms with Gasteiger partial charge in [0.1, 0.15) is 0 Å². The molecule has 4 heteroatoms. The van der Waals surface area contributed by atoms with Crippen LogP contribution in [-0.2, 0) is 4.74 Å². The highest BCUT2D eigenvalue weighted by molar-refractivity contribution is 5.55. The predicted octanol–water partition coefficient (Wildman–Crippen LogP) is 2.68. The molecule has 104 valence electrons. The van der Waals surface area contributed by atoms with Gasteiger partial charge >= 0.3 is 0 Å². The van der Waals surface area contributed by atoms with Crippen molar-refractivity contribution < 1.29 is 14.2 Å². The van der Waals surface area contributed by atoms with Crippen LogP contribution in [0.4, 0.5) is 5.69 Å². The predicted molar refractivity (Wildman–Crippen MR) is 74.1 cm³/mol. The zero-order valence-corrected chi connectivity index (χ0v) is 11.4. The second kappa shape index (κ2) is 5.70. The SMILES string of the molecule is CC(Nc1ccc2c(c1)OCCCO2)C1CCOC1. The third kappa shape index (κ3) is 2.95. The number of hydrogen-bond donors (Lipinski definition) is 1. The smallest absolute Gasteiger partial charge is 0.163 e. The van der Waals surface area contributed by atoms with Gasteiger partial charge in [0, 0.05) is 36.7 Å². The van der Waals surface area contributed by atoms with Gasteiger partial charge in [-0.3, -0.25) is 0 Å². The summed E-state index contributed by atoms with van der Waals surface area (Å²) in [5.41, 5.74) is 1.09. The summed E-state index contributed by atoms with van der Waals surface area (Å²) < 4.78 is 16.8. The molecule has 4 nitrogen and oxygen atoms in total. The molecule has 0 aromatic heterocycles. The second-order valence-electron chi connectivity index (χ2n) is 5.27. The highest BCUT2D eigenvalue weighted by Gasteiger charge is 2.22. The van der Waals surface area contributed by atoms with E-state index in [0.29, 0.717) is 12.0 Å². The second-order valence-corrected chi connectivity index (χ2v) is 5.27. The molecule has 1 saturated heterocycles. The summed E-state index contributed by atoms with van der Waals surface area (Å²) in [5.74, 6) is 2.29. The molecule has 0 saturated carbocycles. The molecular formula is C15H21NO3. The molecule has 0 radical (unpaired) electrons. The molecule has 19 heavy (non-hydrogen) atoms. The number of anilines is 1. The molecule has 2 unspecified atom stereocenters. The minimum Gasteiger partial charge on any atom is -0.490 e. The maximum atomic E-state index is 5.71. The molecule has 0 aliphatic carbocycles. The lowest BCUT2D eigenvalue weighted by Crippen LogP contribution is -2.26. The Hall–Kier alpha value is -1.42. The molecule has 1 fully saturated rings. The van der Waals surface area contributed by atoms with Gasteiger partial charge in [-0.2, -0.15) is 0 Å². The first-order valence-corrected chi connectivity index (χ1v) is 7.07. The van der Waals surface area contributed by atoms with Gasteiger partial charge in [-0.15, -0.1) is 0 Å². The van der Waals surface area contributed by atoms with Gasteiger partial charge < -0.3 is 19.5 Å². The third-order valence-corrected chi connectivity index (χ3v) is 3.81. The maximum Gasteiger partial charge on any atom is 0.163 e. The van der Waals surface area contributed by atoms with Crippen molar-refractivity contribution in [1.82, 2.24) is 0 Å². The fraction of sp³-hybridized carbons (Fsp3) is 0.600. The average Bonchev–Trinajstić information content (AvgIpc) is 2.85. The monoisotopic (exact) mass is 263 g/mol. The summed E-state index contributed by atoms with van der Waals surface area (Å²) >= 11 is 0. The Labute approximate surface area is 114 Å². The first-order chi connectivity index (χ1) is 9.33. The highest BCUT2D eigenvalue weighted by Crippen LogP contribution is 2.33. The summed E-state index contributed by atoms with van der Waals surface area (Å²) in [4.78, 5) is 0. The van der Waals surface area contributed by atoms with Crippen LogP contribution in [0.1, 0.15) is 19.8 Å². The Morgan fingerprint density at radius 2 is 2.00 bits per heavy atom. The zero-order chi connectivity index (χ0) is 13.1. The summed E-state index contributed by atoms with van der Waals surface area (Å²) in [6.07, 6.45) is 2.08. The van der Waals surface area contributed by atoms with E-state index in [0.717, 1.165) is 56.5 Å². The van der Waals surface area contributed by atoms with Crippen molar-refractivity contribution in [3.8, 4) is 11.5 Å². The van der Waals surface area contributed by atoms with Gasteiger partial charge in [0.2, 0.25) is 0 Å². The van der Waals surface area contributed by atoms with Crippen LogP contribution in [0, 0.1) is 5.92 Å². The number of nitrogens with one attached hydrogen (secondary N) is 1. The molecule has 1 aromatic rings. The van der Waals surface area contributed by atoms with E-state index in [9.17, 15) is 0 Å². The molecule has 0 bridgehead atoms. The first kappa shape index (κ1) is 12.6. The highest BCUT2D eigenvalue weighted by atomic mass is 16.5. The summed E-state index contributed by atoms with van der Waals surface area (Å²) in [6, 6.07) is 6.49. The molecular weight excluding hydrogens is 242 g/mol. The number of hydrogen-bond acceptors (Lipinski definition) is 4. The number of ether oxygens (including phenoxy) is 3. The van der Waals surface area contributed by atoms with Gasteiger partial charge in [-0.25, -0.2) is 0 Å². The van der Waals surface area contributed by atoms with E-state index in [1.165, 1.54) is 0 Å². The quantitative estimate of drug-likeness (QED) is 0.910. The number of rotatable bonds is 3. The molecule has 3 rings (SSSR count). The van der Waals surface area contributed by atoms with Crippen LogP contribution >= 0.6 is 0 Å². The molecule has 2 heterocycles. The minimum atomic E-state index is 0.409. The molecule has 0 spiro atoms. The van der Waals surface area contributed by atoms with Crippen LogP contribution in [0.2, 0.25) is 0 Å². The van der Waals surface area contributed by atoms with Crippen molar-refractivity contribution in [2.24, 2.45) is 5.92 Å². The molecule has 0 amide bonds. The Kier molecular flexibility index (Phi) is 3.78. The van der Waals surface area contributed by atoms with E-state index < -0.39 is 0 Å². The Bertz CT molecular complexity index is 429. The van der Waals surface area contributed by atoms with Crippen molar-refractivity contribution in [2.45, 2.75) is 25.8 Å². The van der Waals surface area contributed by atoms with Crippen LogP contribution in [-0.4, -0.2) is 32.5 Å². The number of benzene rings is 1. The lowest BCUT2D eigenvalue weighted by Gasteiger charge is -2.21. The van der Waals surface area contributed by atoms with E-state index in [2.05, 4.69) is 18.3 Å². The maximum absolute atomic E-state index is 5.71. The molecule has 2 atom stereocenters. The molecule has 1 aromatic carbocycles. The topological polar surface area (TPSA) is 39.7 Å². The summed E-state index contributed by atoms with van der Waals surface area (Å²) in [5, 5.41) is 3.54.